The van der Waals surface area contributed by atoms with Crippen LogP contribution in [0.1, 0.15) is 44.1 Å². The highest BCUT2D eigenvalue weighted by atomic mass is 32.2. The number of aromatic nitrogens is 1. The molecule has 8 heteroatoms. The first-order chi connectivity index (χ1) is 15.6. The largest absolute Gasteiger partial charge is 0.379 e. The molecule has 2 fully saturated rings. The zero-order valence-corrected chi connectivity index (χ0v) is 19.2. The zero-order chi connectivity index (χ0) is 22.4. The average molecular weight is 458 g/mol. The van der Waals surface area contributed by atoms with Crippen LogP contribution in [0.25, 0.3) is 0 Å². The van der Waals surface area contributed by atoms with Crippen LogP contribution in [0.15, 0.2) is 53.6 Å². The number of hydrogen-bond donors (Lipinski definition) is 0. The maximum atomic E-state index is 13.2. The first kappa shape index (κ1) is 22.9. The minimum Gasteiger partial charge on any atom is -0.379 e. The Hall–Kier alpha value is -2.29. The summed E-state index contributed by atoms with van der Waals surface area (Å²) in [4.78, 5) is 19.8. The topological polar surface area (TPSA) is 79.8 Å². The van der Waals surface area contributed by atoms with Gasteiger partial charge < -0.3 is 4.74 Å². The lowest BCUT2D eigenvalue weighted by Crippen LogP contribution is -2.42. The van der Waals surface area contributed by atoms with Crippen molar-refractivity contribution in [3.63, 3.8) is 0 Å². The second-order valence-corrected chi connectivity index (χ2v) is 10.3. The molecule has 172 valence electrons. The molecular formula is C24H31N3O4S. The van der Waals surface area contributed by atoms with Crippen LogP contribution in [0.2, 0.25) is 0 Å². The number of ether oxygens (including phenoxy) is 1. The molecule has 0 N–H and O–H groups in total. The third-order valence-corrected chi connectivity index (χ3v) is 8.18. The highest BCUT2D eigenvalue weighted by molar-refractivity contribution is 7.89. The number of sulfonamides is 1. The Labute approximate surface area is 190 Å². The summed E-state index contributed by atoms with van der Waals surface area (Å²) in [7, 11) is -3.50. The molecule has 1 aliphatic heterocycles. The first-order valence-electron chi connectivity index (χ1n) is 11.5. The fraction of sp³-hybridized carbons (Fsp3) is 0.500. The Morgan fingerprint density at radius 3 is 2.41 bits per heavy atom. The molecule has 0 atom stereocenters. The van der Waals surface area contributed by atoms with Crippen molar-refractivity contribution in [3.8, 4) is 0 Å². The van der Waals surface area contributed by atoms with Crippen molar-refractivity contribution >= 4 is 21.7 Å². The van der Waals surface area contributed by atoms with E-state index in [-0.39, 0.29) is 16.8 Å². The van der Waals surface area contributed by atoms with Crippen molar-refractivity contribution in [2.24, 2.45) is 0 Å². The van der Waals surface area contributed by atoms with Gasteiger partial charge in [0.1, 0.15) is 5.82 Å². The van der Waals surface area contributed by atoms with E-state index >= 15 is 0 Å². The maximum absolute atomic E-state index is 13.2. The summed E-state index contributed by atoms with van der Waals surface area (Å²) in [6.45, 7) is 1.60. The van der Waals surface area contributed by atoms with E-state index in [1.165, 1.54) is 10.7 Å². The molecule has 1 saturated heterocycles. The normalized spacial score (nSPS) is 18.4. The van der Waals surface area contributed by atoms with Crippen LogP contribution in [-0.2, 0) is 26.0 Å². The minimum absolute atomic E-state index is 0.0700. The first-order valence-corrected chi connectivity index (χ1v) is 12.9. The van der Waals surface area contributed by atoms with Crippen molar-refractivity contribution in [1.29, 1.82) is 0 Å². The second kappa shape index (κ2) is 10.6. The molecule has 2 heterocycles. The van der Waals surface area contributed by atoms with Crippen LogP contribution in [0, 0.1) is 0 Å². The van der Waals surface area contributed by atoms with Crippen LogP contribution < -0.4 is 4.90 Å². The smallest absolute Gasteiger partial charge is 0.243 e. The number of carbonyl (C=O) groups is 1. The van der Waals surface area contributed by atoms with Crippen molar-refractivity contribution in [3.05, 3.63) is 54.2 Å². The third kappa shape index (κ3) is 5.36. The Morgan fingerprint density at radius 2 is 1.75 bits per heavy atom. The number of pyridine rings is 1. The molecule has 0 spiro atoms. The number of amides is 1. The average Bonchev–Trinajstić information content (AvgIpc) is 2.85. The summed E-state index contributed by atoms with van der Waals surface area (Å²) in [6, 6.07) is 12.8. The number of rotatable bonds is 7. The van der Waals surface area contributed by atoms with Crippen LogP contribution in [-0.4, -0.2) is 56.0 Å². The predicted octanol–water partition coefficient (Wildman–Crippen LogP) is 3.40. The maximum Gasteiger partial charge on any atom is 0.243 e. The summed E-state index contributed by atoms with van der Waals surface area (Å²) in [6.07, 6.45) is 8.18. The van der Waals surface area contributed by atoms with Crippen LogP contribution >= 0.6 is 0 Å². The number of benzene rings is 1. The lowest BCUT2D eigenvalue weighted by Gasteiger charge is -2.33. The number of anilines is 1. The molecule has 1 aromatic carbocycles. The van der Waals surface area contributed by atoms with E-state index in [4.69, 9.17) is 4.74 Å². The van der Waals surface area contributed by atoms with Crippen LogP contribution in [0.5, 0.6) is 0 Å². The van der Waals surface area contributed by atoms with Gasteiger partial charge in [-0.3, -0.25) is 9.69 Å². The Morgan fingerprint density at radius 1 is 1.03 bits per heavy atom. The van der Waals surface area contributed by atoms with Gasteiger partial charge in [0.05, 0.1) is 18.1 Å². The number of nitrogens with zero attached hydrogens (tertiary/aromatic N) is 3. The molecule has 0 radical (unpaired) electrons. The molecule has 4 rings (SSSR count). The predicted molar refractivity (Wildman–Crippen MR) is 123 cm³/mol. The Balaban J connectivity index is 1.42. The van der Waals surface area contributed by atoms with Crippen molar-refractivity contribution in [2.75, 3.05) is 31.2 Å². The van der Waals surface area contributed by atoms with Gasteiger partial charge in [-0.15, -0.1) is 0 Å². The highest BCUT2D eigenvalue weighted by Crippen LogP contribution is 2.27. The fourth-order valence-electron chi connectivity index (χ4n) is 4.49. The number of morpholine rings is 1. The molecule has 32 heavy (non-hydrogen) atoms. The van der Waals surface area contributed by atoms with Crippen molar-refractivity contribution in [1.82, 2.24) is 9.29 Å². The lowest BCUT2D eigenvalue weighted by molar-refractivity contribution is -0.119. The van der Waals surface area contributed by atoms with Gasteiger partial charge in [-0.05, 0) is 49.1 Å². The lowest BCUT2D eigenvalue weighted by atomic mass is 9.93. The highest BCUT2D eigenvalue weighted by Gasteiger charge is 2.28. The SMILES string of the molecule is O=C(CCc1ccc(S(=O)(=O)N2CCOCC2)cc1)N(c1ccccn1)C1CCCCC1. The summed E-state index contributed by atoms with van der Waals surface area (Å²) < 4.78 is 32.3. The molecular weight excluding hydrogens is 426 g/mol. The van der Waals surface area contributed by atoms with Gasteiger partial charge in [0.2, 0.25) is 15.9 Å². The molecule has 0 bridgehead atoms. The van der Waals surface area contributed by atoms with Gasteiger partial charge in [-0.1, -0.05) is 37.5 Å². The quantitative estimate of drug-likeness (QED) is 0.637. The van der Waals surface area contributed by atoms with E-state index in [0.29, 0.717) is 39.1 Å². The molecule has 7 nitrogen and oxygen atoms in total. The number of carbonyl (C=O) groups excluding carboxylic acids is 1. The van der Waals surface area contributed by atoms with E-state index in [1.807, 2.05) is 35.2 Å². The van der Waals surface area contributed by atoms with Gasteiger partial charge in [0, 0.05) is 31.7 Å². The van der Waals surface area contributed by atoms with Gasteiger partial charge >= 0.3 is 0 Å². The molecule has 2 aromatic rings. The van der Waals surface area contributed by atoms with Crippen molar-refractivity contribution < 1.29 is 17.9 Å². The molecule has 1 aliphatic carbocycles. The van der Waals surface area contributed by atoms with Gasteiger partial charge in [-0.2, -0.15) is 4.31 Å². The summed E-state index contributed by atoms with van der Waals surface area (Å²) >= 11 is 0. The van der Waals surface area contributed by atoms with E-state index < -0.39 is 10.0 Å². The number of hydrogen-bond acceptors (Lipinski definition) is 5. The molecule has 2 aliphatic rings. The van der Waals surface area contributed by atoms with E-state index in [2.05, 4.69) is 4.98 Å². The molecule has 1 aromatic heterocycles. The number of aryl methyl sites for hydroxylation is 1. The van der Waals surface area contributed by atoms with Gasteiger partial charge in [-0.25, -0.2) is 13.4 Å². The summed E-state index contributed by atoms with van der Waals surface area (Å²) in [5, 5.41) is 0. The van der Waals surface area contributed by atoms with Crippen LogP contribution in [0.3, 0.4) is 0 Å². The molecule has 1 amide bonds. The van der Waals surface area contributed by atoms with E-state index in [0.717, 1.165) is 37.1 Å². The molecule has 0 unspecified atom stereocenters. The molecule has 1 saturated carbocycles. The van der Waals surface area contributed by atoms with Crippen molar-refractivity contribution in [2.45, 2.75) is 55.9 Å². The Bertz CT molecular complexity index is 984. The summed E-state index contributed by atoms with van der Waals surface area (Å²) in [5.74, 6) is 0.789. The van der Waals surface area contributed by atoms with E-state index in [9.17, 15) is 13.2 Å². The van der Waals surface area contributed by atoms with E-state index in [1.54, 1.807) is 18.3 Å². The van der Waals surface area contributed by atoms with Gasteiger partial charge in [0.15, 0.2) is 0 Å². The minimum atomic E-state index is -3.50. The fourth-order valence-corrected chi connectivity index (χ4v) is 5.90. The second-order valence-electron chi connectivity index (χ2n) is 8.40. The third-order valence-electron chi connectivity index (χ3n) is 6.26. The summed E-state index contributed by atoms with van der Waals surface area (Å²) in [5.41, 5.74) is 0.948. The standard InChI is InChI=1S/C24H31N3O4S/c28-24(27(21-6-2-1-3-7-21)23-8-4-5-15-25-23)14-11-20-9-12-22(13-10-20)32(29,30)26-16-18-31-19-17-26/h4-5,8-10,12-13,15,21H,1-3,6-7,11,14,16-19H2. The van der Waals surface area contributed by atoms with Crippen LogP contribution in [0.4, 0.5) is 5.82 Å². The monoisotopic (exact) mass is 457 g/mol. The Kier molecular flexibility index (Phi) is 7.55. The zero-order valence-electron chi connectivity index (χ0n) is 18.4. The van der Waals surface area contributed by atoms with Gasteiger partial charge in [0.25, 0.3) is 0 Å².